The van der Waals surface area contributed by atoms with Crippen LogP contribution in [0, 0.1) is 0 Å². The van der Waals surface area contributed by atoms with E-state index in [2.05, 4.69) is 21.7 Å². The molecule has 2 aromatic carbocycles. The van der Waals surface area contributed by atoms with Gasteiger partial charge in [0.2, 0.25) is 0 Å². The topological polar surface area (TPSA) is 56.7 Å². The Kier molecular flexibility index (Phi) is 2.31. The van der Waals surface area contributed by atoms with Crippen molar-refractivity contribution in [2.24, 2.45) is 7.05 Å². The van der Waals surface area contributed by atoms with E-state index in [9.17, 15) is 0 Å². The molecule has 20 heavy (non-hydrogen) atoms. The minimum Gasteiger partial charge on any atom is -0.375 e. The second kappa shape index (κ2) is 4.05. The van der Waals surface area contributed by atoms with Crippen LogP contribution in [-0.2, 0) is 7.05 Å². The van der Waals surface area contributed by atoms with Crippen LogP contribution >= 0.6 is 11.3 Å². The third kappa shape index (κ3) is 1.60. The van der Waals surface area contributed by atoms with Crippen molar-refractivity contribution >= 4 is 37.7 Å². The van der Waals surface area contributed by atoms with E-state index >= 15 is 0 Å². The third-order valence-electron chi connectivity index (χ3n) is 3.45. The summed E-state index contributed by atoms with van der Waals surface area (Å²) >= 11 is 1.50. The summed E-state index contributed by atoms with van der Waals surface area (Å²) in [5.41, 5.74) is 9.92. The SMILES string of the molecule is Cn1c(-c2ccc3nc(N)sc3c2)nc2ccccc21. The van der Waals surface area contributed by atoms with Gasteiger partial charge in [-0.1, -0.05) is 23.5 Å². The molecule has 2 aromatic heterocycles. The Morgan fingerprint density at radius 1 is 1.05 bits per heavy atom. The van der Waals surface area contributed by atoms with Gasteiger partial charge >= 0.3 is 0 Å². The Bertz CT molecular complexity index is 936. The van der Waals surface area contributed by atoms with Gasteiger partial charge < -0.3 is 10.3 Å². The summed E-state index contributed by atoms with van der Waals surface area (Å²) < 4.78 is 3.20. The molecule has 0 unspecified atom stereocenters. The number of nitrogens with two attached hydrogens (primary N) is 1. The van der Waals surface area contributed by atoms with Crippen molar-refractivity contribution in [2.75, 3.05) is 5.73 Å². The molecule has 0 saturated heterocycles. The van der Waals surface area contributed by atoms with Gasteiger partial charge in [0.25, 0.3) is 0 Å². The number of nitrogens with zero attached hydrogens (tertiary/aromatic N) is 3. The van der Waals surface area contributed by atoms with Gasteiger partial charge in [-0.2, -0.15) is 0 Å². The van der Waals surface area contributed by atoms with Crippen LogP contribution in [0.15, 0.2) is 42.5 Å². The van der Waals surface area contributed by atoms with Gasteiger partial charge in [-0.3, -0.25) is 0 Å². The summed E-state index contributed by atoms with van der Waals surface area (Å²) in [7, 11) is 2.04. The zero-order chi connectivity index (χ0) is 13.7. The molecule has 2 heterocycles. The number of hydrogen-bond acceptors (Lipinski definition) is 4. The molecule has 98 valence electrons. The molecule has 0 spiro atoms. The van der Waals surface area contributed by atoms with Crippen molar-refractivity contribution in [1.82, 2.24) is 14.5 Å². The smallest absolute Gasteiger partial charge is 0.181 e. The number of aryl methyl sites for hydroxylation is 1. The highest BCUT2D eigenvalue weighted by atomic mass is 32.1. The van der Waals surface area contributed by atoms with E-state index < -0.39 is 0 Å². The van der Waals surface area contributed by atoms with Crippen LogP contribution in [-0.4, -0.2) is 14.5 Å². The van der Waals surface area contributed by atoms with Crippen LogP contribution in [0.3, 0.4) is 0 Å². The standard InChI is InChI=1S/C15H12N4S/c1-19-12-5-3-2-4-10(12)17-14(19)9-6-7-11-13(8-9)20-15(16)18-11/h2-8H,1H3,(H2,16,18). The summed E-state index contributed by atoms with van der Waals surface area (Å²) in [6, 6.07) is 14.3. The van der Waals surface area contributed by atoms with Crippen molar-refractivity contribution in [3.63, 3.8) is 0 Å². The fourth-order valence-electron chi connectivity index (χ4n) is 2.49. The largest absolute Gasteiger partial charge is 0.375 e. The fraction of sp³-hybridized carbons (Fsp3) is 0.0667. The summed E-state index contributed by atoms with van der Waals surface area (Å²) in [6.07, 6.45) is 0. The number of rotatable bonds is 1. The van der Waals surface area contributed by atoms with Gasteiger partial charge in [-0.15, -0.1) is 0 Å². The van der Waals surface area contributed by atoms with Crippen LogP contribution in [0.5, 0.6) is 0 Å². The molecule has 0 atom stereocenters. The van der Waals surface area contributed by atoms with E-state index in [0.717, 1.165) is 32.6 Å². The number of hydrogen-bond donors (Lipinski definition) is 1. The summed E-state index contributed by atoms with van der Waals surface area (Å²) in [4.78, 5) is 8.99. The maximum absolute atomic E-state index is 5.76. The lowest BCUT2D eigenvalue weighted by Crippen LogP contribution is -1.92. The van der Waals surface area contributed by atoms with E-state index in [1.807, 2.05) is 37.4 Å². The molecule has 0 aliphatic rings. The lowest BCUT2D eigenvalue weighted by atomic mass is 10.2. The Morgan fingerprint density at radius 2 is 1.90 bits per heavy atom. The highest BCUT2D eigenvalue weighted by Gasteiger charge is 2.11. The van der Waals surface area contributed by atoms with Gasteiger partial charge in [-0.05, 0) is 30.3 Å². The molecule has 0 saturated carbocycles. The first-order valence-electron chi connectivity index (χ1n) is 6.30. The van der Waals surface area contributed by atoms with E-state index in [1.165, 1.54) is 11.3 Å². The normalized spacial score (nSPS) is 11.4. The molecule has 0 bridgehead atoms. The summed E-state index contributed by atoms with van der Waals surface area (Å²) in [5, 5.41) is 0.599. The van der Waals surface area contributed by atoms with E-state index in [-0.39, 0.29) is 0 Å². The van der Waals surface area contributed by atoms with Crippen LogP contribution in [0.25, 0.3) is 32.6 Å². The number of aromatic nitrogens is 3. The monoisotopic (exact) mass is 280 g/mol. The predicted octanol–water partition coefficient (Wildman–Crippen LogP) is 3.43. The van der Waals surface area contributed by atoms with Crippen molar-refractivity contribution < 1.29 is 0 Å². The van der Waals surface area contributed by atoms with Crippen LogP contribution in [0.1, 0.15) is 0 Å². The van der Waals surface area contributed by atoms with Gasteiger partial charge in [0, 0.05) is 12.6 Å². The second-order valence-corrected chi connectivity index (χ2v) is 5.78. The summed E-state index contributed by atoms with van der Waals surface area (Å²) in [6.45, 7) is 0. The molecule has 0 amide bonds. The van der Waals surface area contributed by atoms with Gasteiger partial charge in [-0.25, -0.2) is 9.97 Å². The minimum absolute atomic E-state index is 0.599. The quantitative estimate of drug-likeness (QED) is 0.581. The number of benzene rings is 2. The second-order valence-electron chi connectivity index (χ2n) is 4.72. The molecule has 4 rings (SSSR count). The molecule has 0 radical (unpaired) electrons. The first-order valence-corrected chi connectivity index (χ1v) is 7.12. The lowest BCUT2D eigenvalue weighted by molar-refractivity contribution is 0.960. The van der Waals surface area contributed by atoms with Crippen molar-refractivity contribution in [1.29, 1.82) is 0 Å². The molecule has 0 aliphatic carbocycles. The zero-order valence-corrected chi connectivity index (χ0v) is 11.7. The average Bonchev–Trinajstić information content (AvgIpc) is 2.98. The Morgan fingerprint density at radius 3 is 2.75 bits per heavy atom. The maximum atomic E-state index is 5.76. The first-order chi connectivity index (χ1) is 9.72. The third-order valence-corrected chi connectivity index (χ3v) is 4.30. The number of thiazole rings is 1. The highest BCUT2D eigenvalue weighted by Crippen LogP contribution is 2.30. The number of fused-ring (bicyclic) bond motifs is 2. The predicted molar refractivity (Wildman–Crippen MR) is 83.7 cm³/mol. The number of para-hydroxylation sites is 2. The number of imidazole rings is 1. The maximum Gasteiger partial charge on any atom is 0.181 e. The Hall–Kier alpha value is -2.40. The van der Waals surface area contributed by atoms with Crippen molar-refractivity contribution in [3.8, 4) is 11.4 Å². The fourth-order valence-corrected chi connectivity index (χ4v) is 3.26. The van der Waals surface area contributed by atoms with Crippen LogP contribution in [0.4, 0.5) is 5.13 Å². The zero-order valence-electron chi connectivity index (χ0n) is 10.9. The van der Waals surface area contributed by atoms with Gasteiger partial charge in [0.1, 0.15) is 5.82 Å². The molecular formula is C15H12N4S. The Labute approximate surface area is 119 Å². The van der Waals surface area contributed by atoms with Gasteiger partial charge in [0.15, 0.2) is 5.13 Å². The summed E-state index contributed by atoms with van der Waals surface area (Å²) in [5.74, 6) is 0.958. The number of nitrogen functional groups attached to an aromatic ring is 1. The van der Waals surface area contributed by atoms with E-state index in [0.29, 0.717) is 5.13 Å². The van der Waals surface area contributed by atoms with E-state index in [4.69, 9.17) is 10.7 Å². The number of anilines is 1. The first kappa shape index (κ1) is 11.4. The molecule has 2 N–H and O–H groups in total. The van der Waals surface area contributed by atoms with Gasteiger partial charge in [0.05, 0.1) is 21.3 Å². The Balaban J connectivity index is 1.97. The highest BCUT2D eigenvalue weighted by molar-refractivity contribution is 7.22. The van der Waals surface area contributed by atoms with Crippen molar-refractivity contribution in [2.45, 2.75) is 0 Å². The van der Waals surface area contributed by atoms with Crippen LogP contribution < -0.4 is 5.73 Å². The van der Waals surface area contributed by atoms with Crippen LogP contribution in [0.2, 0.25) is 0 Å². The van der Waals surface area contributed by atoms with E-state index in [1.54, 1.807) is 0 Å². The minimum atomic E-state index is 0.599. The molecule has 5 heteroatoms. The molecule has 0 aliphatic heterocycles. The molecule has 4 nitrogen and oxygen atoms in total. The molecule has 0 fully saturated rings. The lowest BCUT2D eigenvalue weighted by Gasteiger charge is -2.02. The average molecular weight is 280 g/mol. The molecular weight excluding hydrogens is 268 g/mol. The molecule has 4 aromatic rings. The van der Waals surface area contributed by atoms with Crippen molar-refractivity contribution in [3.05, 3.63) is 42.5 Å².